The van der Waals surface area contributed by atoms with Crippen LogP contribution in [0.15, 0.2) is 17.0 Å². The maximum atomic E-state index is 12.8. The highest BCUT2D eigenvalue weighted by atomic mass is 32.2. The molecule has 2 aliphatic heterocycles. The fourth-order valence-electron chi connectivity index (χ4n) is 4.55. The lowest BCUT2D eigenvalue weighted by atomic mass is 9.61. The maximum Gasteiger partial charge on any atom is 0.433 e. The molecule has 6 nitrogen and oxygen atoms in total. The van der Waals surface area contributed by atoms with E-state index < -0.39 is 21.9 Å². The van der Waals surface area contributed by atoms with Crippen LogP contribution in [-0.2, 0) is 20.9 Å². The average Bonchev–Trinajstić information content (AvgIpc) is 2.55. The van der Waals surface area contributed by atoms with E-state index in [-0.39, 0.29) is 16.0 Å². The van der Waals surface area contributed by atoms with Gasteiger partial charge in [0.1, 0.15) is 10.6 Å². The lowest BCUT2D eigenvalue weighted by Gasteiger charge is -2.59. The quantitative estimate of drug-likeness (QED) is 0.811. The van der Waals surface area contributed by atoms with Crippen LogP contribution in [0.4, 0.5) is 13.2 Å². The van der Waals surface area contributed by atoms with Crippen LogP contribution in [0.5, 0.6) is 0 Å². The van der Waals surface area contributed by atoms with Gasteiger partial charge in [-0.25, -0.2) is 13.4 Å². The molecular weight excluding hydrogens is 395 g/mol. The minimum absolute atomic E-state index is 0.00312. The maximum absolute atomic E-state index is 12.8. The van der Waals surface area contributed by atoms with E-state index in [4.69, 9.17) is 4.74 Å². The van der Waals surface area contributed by atoms with Gasteiger partial charge in [-0.1, -0.05) is 0 Å². The van der Waals surface area contributed by atoms with Crippen LogP contribution in [0.2, 0.25) is 0 Å². The fourth-order valence-corrected chi connectivity index (χ4v) is 6.37. The van der Waals surface area contributed by atoms with Gasteiger partial charge in [0.25, 0.3) is 0 Å². The number of ether oxygens (including phenoxy) is 1. The normalized spacial score (nSPS) is 24.1. The highest BCUT2D eigenvalue weighted by Gasteiger charge is 2.56. The summed E-state index contributed by atoms with van der Waals surface area (Å²) >= 11 is 0. The summed E-state index contributed by atoms with van der Waals surface area (Å²) in [6, 6.07) is 2.62. The minimum Gasteiger partial charge on any atom is -0.381 e. The van der Waals surface area contributed by atoms with Crippen LogP contribution in [0.1, 0.15) is 37.1 Å². The molecule has 3 fully saturated rings. The highest BCUT2D eigenvalue weighted by Crippen LogP contribution is 2.50. The lowest BCUT2D eigenvalue weighted by molar-refractivity contribution is -0.141. The second kappa shape index (κ2) is 6.93. The van der Waals surface area contributed by atoms with Gasteiger partial charge in [-0.05, 0) is 44.7 Å². The van der Waals surface area contributed by atoms with Gasteiger partial charge >= 0.3 is 6.18 Å². The topological polar surface area (TPSA) is 71.5 Å². The van der Waals surface area contributed by atoms with E-state index in [2.05, 4.69) is 10.3 Å². The van der Waals surface area contributed by atoms with Crippen molar-refractivity contribution in [3.8, 4) is 0 Å². The van der Waals surface area contributed by atoms with Gasteiger partial charge in [0, 0.05) is 43.8 Å². The van der Waals surface area contributed by atoms with E-state index in [9.17, 15) is 21.6 Å². The number of aryl methyl sites for hydroxylation is 1. The van der Waals surface area contributed by atoms with E-state index in [0.717, 1.165) is 51.0 Å². The number of rotatable bonds is 4. The van der Waals surface area contributed by atoms with Crippen LogP contribution < -0.4 is 5.32 Å². The molecule has 156 valence electrons. The fraction of sp³-hybridized carbons (Fsp3) is 0.722. The lowest BCUT2D eigenvalue weighted by Crippen LogP contribution is -2.67. The summed E-state index contributed by atoms with van der Waals surface area (Å²) in [6.45, 7) is 3.70. The summed E-state index contributed by atoms with van der Waals surface area (Å²) < 4.78 is 70.6. The number of alkyl halides is 3. The van der Waals surface area contributed by atoms with E-state index in [1.807, 2.05) is 0 Å². The van der Waals surface area contributed by atoms with E-state index >= 15 is 0 Å². The van der Waals surface area contributed by atoms with Gasteiger partial charge in [-0.3, -0.25) is 0 Å². The predicted molar refractivity (Wildman–Crippen MR) is 95.2 cm³/mol. The number of aromatic nitrogens is 1. The number of hydrogen-bond acceptors (Lipinski definition) is 5. The average molecular weight is 419 g/mol. The van der Waals surface area contributed by atoms with Crippen molar-refractivity contribution in [2.45, 2.75) is 55.8 Å². The minimum atomic E-state index is -4.59. The Morgan fingerprint density at radius 2 is 1.82 bits per heavy atom. The van der Waals surface area contributed by atoms with Crippen LogP contribution >= 0.6 is 0 Å². The van der Waals surface area contributed by atoms with Gasteiger partial charge in [-0.2, -0.15) is 17.5 Å². The Hall–Kier alpha value is -1.23. The van der Waals surface area contributed by atoms with Gasteiger partial charge in [0.05, 0.1) is 5.69 Å². The van der Waals surface area contributed by atoms with Gasteiger partial charge < -0.3 is 10.1 Å². The van der Waals surface area contributed by atoms with Crippen LogP contribution in [0.3, 0.4) is 0 Å². The first kappa shape index (κ1) is 20.1. The molecule has 0 unspecified atom stereocenters. The molecule has 1 spiro atoms. The number of pyridine rings is 1. The molecule has 1 saturated carbocycles. The molecular formula is C18H24F3N3O3S. The molecule has 2 saturated heterocycles. The molecule has 10 heteroatoms. The molecule has 0 amide bonds. The monoisotopic (exact) mass is 419 g/mol. The van der Waals surface area contributed by atoms with Crippen molar-refractivity contribution in [2.24, 2.45) is 5.41 Å². The molecule has 3 aliphatic rings. The number of nitrogens with one attached hydrogen (secondary N) is 1. The Morgan fingerprint density at radius 3 is 2.39 bits per heavy atom. The SMILES string of the molecule is Cc1nc(C(F)(F)F)ccc1S(=O)(=O)N1CC2(CC(NC3CCOCC3)C2)C1. The first-order valence-electron chi connectivity index (χ1n) is 9.48. The molecule has 3 heterocycles. The standard InChI is InChI=1S/C18H24F3N3O3S/c1-12-15(2-3-16(22-12)18(19,20)21)28(25,26)24-10-17(11-24)8-14(9-17)23-13-4-6-27-7-5-13/h2-3,13-14,23H,4-11H2,1H3. The number of halogens is 3. The second-order valence-corrected chi connectivity index (χ2v) is 10.1. The van der Waals surface area contributed by atoms with Crippen LogP contribution in [-0.4, -0.2) is 56.1 Å². The summed E-state index contributed by atoms with van der Waals surface area (Å²) in [4.78, 5) is 3.30. The Kier molecular flexibility index (Phi) is 4.96. The van der Waals surface area contributed by atoms with Crippen LogP contribution in [0, 0.1) is 12.3 Å². The molecule has 1 N–H and O–H groups in total. The van der Waals surface area contributed by atoms with Crippen LogP contribution in [0.25, 0.3) is 0 Å². The molecule has 1 aromatic rings. The largest absolute Gasteiger partial charge is 0.433 e. The third-order valence-corrected chi connectivity index (χ3v) is 7.95. The molecule has 28 heavy (non-hydrogen) atoms. The summed E-state index contributed by atoms with van der Waals surface area (Å²) in [5, 5.41) is 3.63. The zero-order valence-corrected chi connectivity index (χ0v) is 16.4. The Morgan fingerprint density at radius 1 is 1.18 bits per heavy atom. The van der Waals surface area contributed by atoms with Crippen molar-refractivity contribution in [2.75, 3.05) is 26.3 Å². The van der Waals surface area contributed by atoms with Gasteiger partial charge in [0.2, 0.25) is 10.0 Å². The molecule has 0 bridgehead atoms. The van der Waals surface area contributed by atoms with Crippen molar-refractivity contribution >= 4 is 10.0 Å². The molecule has 4 rings (SSSR count). The van der Waals surface area contributed by atoms with Crippen molar-refractivity contribution < 1.29 is 26.3 Å². The Bertz CT molecular complexity index is 839. The van der Waals surface area contributed by atoms with E-state index in [0.29, 0.717) is 25.2 Å². The second-order valence-electron chi connectivity index (χ2n) is 8.21. The number of hydrogen-bond donors (Lipinski definition) is 1. The summed E-state index contributed by atoms with van der Waals surface area (Å²) in [7, 11) is -3.82. The summed E-state index contributed by atoms with van der Waals surface area (Å²) in [6.07, 6.45) is -0.720. The highest BCUT2D eigenvalue weighted by molar-refractivity contribution is 7.89. The van der Waals surface area contributed by atoms with E-state index in [1.54, 1.807) is 0 Å². The predicted octanol–water partition coefficient (Wildman–Crippen LogP) is 2.33. The Labute approximate surface area is 162 Å². The number of sulfonamides is 1. The zero-order valence-electron chi connectivity index (χ0n) is 15.6. The van der Waals surface area contributed by atoms with Gasteiger partial charge in [0.15, 0.2) is 0 Å². The first-order valence-corrected chi connectivity index (χ1v) is 10.9. The summed E-state index contributed by atoms with van der Waals surface area (Å²) in [5.41, 5.74) is -1.20. The smallest absolute Gasteiger partial charge is 0.381 e. The molecule has 1 aliphatic carbocycles. The van der Waals surface area contributed by atoms with Crippen molar-refractivity contribution in [1.29, 1.82) is 0 Å². The third-order valence-electron chi connectivity index (χ3n) is 6.02. The first-order chi connectivity index (χ1) is 13.1. The van der Waals surface area contributed by atoms with Crippen molar-refractivity contribution in [3.05, 3.63) is 23.5 Å². The van der Waals surface area contributed by atoms with Crippen molar-refractivity contribution in [1.82, 2.24) is 14.6 Å². The molecule has 0 atom stereocenters. The molecule has 0 aromatic carbocycles. The molecule has 0 radical (unpaired) electrons. The zero-order chi connectivity index (χ0) is 20.2. The van der Waals surface area contributed by atoms with E-state index in [1.165, 1.54) is 11.2 Å². The third kappa shape index (κ3) is 3.67. The summed E-state index contributed by atoms with van der Waals surface area (Å²) in [5.74, 6) is 0. The number of nitrogens with zero attached hydrogens (tertiary/aromatic N) is 2. The van der Waals surface area contributed by atoms with Crippen molar-refractivity contribution in [3.63, 3.8) is 0 Å². The van der Waals surface area contributed by atoms with Gasteiger partial charge in [-0.15, -0.1) is 0 Å². The Balaban J connectivity index is 1.35. The molecule has 1 aromatic heterocycles.